The first-order valence-corrected chi connectivity index (χ1v) is 9.05. The van der Waals surface area contributed by atoms with Gasteiger partial charge in [0.1, 0.15) is 0 Å². The molecule has 0 amide bonds. The summed E-state index contributed by atoms with van der Waals surface area (Å²) in [7, 11) is -2.14. The third-order valence-electron chi connectivity index (χ3n) is 4.34. The molecule has 0 radical (unpaired) electrons. The van der Waals surface area contributed by atoms with Gasteiger partial charge in [-0.1, -0.05) is 0 Å². The normalized spacial score (nSPS) is 18.0. The molecule has 1 unspecified atom stereocenters. The summed E-state index contributed by atoms with van der Waals surface area (Å²) in [5.74, 6) is -0.520. The molecule has 3 heterocycles. The summed E-state index contributed by atoms with van der Waals surface area (Å²) in [4.78, 5) is 11.6. The third kappa shape index (κ3) is 2.45. The average molecular weight is 348 g/mol. The van der Waals surface area contributed by atoms with E-state index in [4.69, 9.17) is 4.42 Å². The largest absolute Gasteiger partial charge is 0.419 e. The number of benzene rings is 1. The Kier molecular flexibility index (Phi) is 3.36. The molecule has 0 saturated heterocycles. The van der Waals surface area contributed by atoms with Crippen molar-refractivity contribution >= 4 is 21.1 Å². The van der Waals surface area contributed by atoms with E-state index in [1.807, 2.05) is 10.7 Å². The topological polar surface area (TPSA) is 99.1 Å². The third-order valence-corrected chi connectivity index (χ3v) is 5.86. The molecule has 1 aliphatic heterocycles. The standard InChI is InChI=1S/C15H16N4O4S/c1-18-13-9-12(2-3-14(13)23-15(18)20)24(21,22)17-10-5-7-19-11(8-10)4-6-16-19/h2-4,6,9-10,17H,5,7-8H2,1H3. The summed E-state index contributed by atoms with van der Waals surface area (Å²) in [6.07, 6.45) is 3.01. The van der Waals surface area contributed by atoms with Crippen LogP contribution in [0.1, 0.15) is 12.1 Å². The molecular weight excluding hydrogens is 332 g/mol. The van der Waals surface area contributed by atoms with Gasteiger partial charge in [-0.25, -0.2) is 17.9 Å². The van der Waals surface area contributed by atoms with E-state index in [2.05, 4.69) is 9.82 Å². The van der Waals surface area contributed by atoms with Crippen LogP contribution in [0.4, 0.5) is 0 Å². The fourth-order valence-electron chi connectivity index (χ4n) is 3.03. The van der Waals surface area contributed by atoms with Crippen LogP contribution in [0.25, 0.3) is 11.1 Å². The zero-order valence-electron chi connectivity index (χ0n) is 13.0. The van der Waals surface area contributed by atoms with Crippen molar-refractivity contribution in [3.05, 3.63) is 46.7 Å². The van der Waals surface area contributed by atoms with Gasteiger partial charge in [-0.3, -0.25) is 9.25 Å². The quantitative estimate of drug-likeness (QED) is 0.748. The first-order chi connectivity index (χ1) is 11.4. The minimum Gasteiger partial charge on any atom is -0.408 e. The number of fused-ring (bicyclic) bond motifs is 2. The maximum Gasteiger partial charge on any atom is 0.419 e. The van der Waals surface area contributed by atoms with Gasteiger partial charge in [0.2, 0.25) is 10.0 Å². The summed E-state index contributed by atoms with van der Waals surface area (Å²) in [5.41, 5.74) is 1.83. The minimum absolute atomic E-state index is 0.116. The molecule has 1 aromatic carbocycles. The Morgan fingerprint density at radius 2 is 2.17 bits per heavy atom. The summed E-state index contributed by atoms with van der Waals surface area (Å²) < 4.78 is 36.3. The lowest BCUT2D eigenvalue weighted by molar-refractivity contribution is 0.414. The molecule has 2 aromatic heterocycles. The van der Waals surface area contributed by atoms with Gasteiger partial charge in [0.15, 0.2) is 5.58 Å². The van der Waals surface area contributed by atoms with Gasteiger partial charge in [-0.15, -0.1) is 0 Å². The Labute approximate surface area is 137 Å². The van der Waals surface area contributed by atoms with E-state index >= 15 is 0 Å². The lowest BCUT2D eigenvalue weighted by Gasteiger charge is -2.24. The monoisotopic (exact) mass is 348 g/mol. The van der Waals surface area contributed by atoms with E-state index in [1.165, 1.54) is 22.8 Å². The first-order valence-electron chi connectivity index (χ1n) is 7.57. The molecule has 0 spiro atoms. The van der Waals surface area contributed by atoms with Crippen LogP contribution in [-0.2, 0) is 30.0 Å². The number of sulfonamides is 1. The zero-order chi connectivity index (χ0) is 16.9. The summed E-state index contributed by atoms with van der Waals surface area (Å²) in [5, 5.41) is 4.19. The van der Waals surface area contributed by atoms with Crippen LogP contribution in [-0.4, -0.2) is 28.8 Å². The number of rotatable bonds is 3. The van der Waals surface area contributed by atoms with Crippen molar-refractivity contribution in [3.8, 4) is 0 Å². The molecular formula is C15H16N4O4S. The van der Waals surface area contributed by atoms with E-state index < -0.39 is 15.8 Å². The maximum atomic E-state index is 12.7. The van der Waals surface area contributed by atoms with E-state index in [0.29, 0.717) is 30.5 Å². The van der Waals surface area contributed by atoms with Crippen molar-refractivity contribution in [2.75, 3.05) is 0 Å². The smallest absolute Gasteiger partial charge is 0.408 e. The number of hydrogen-bond acceptors (Lipinski definition) is 5. The van der Waals surface area contributed by atoms with Gasteiger partial charge >= 0.3 is 5.76 Å². The van der Waals surface area contributed by atoms with E-state index in [-0.39, 0.29) is 10.9 Å². The van der Waals surface area contributed by atoms with Crippen LogP contribution in [0.15, 0.2) is 44.6 Å². The molecule has 24 heavy (non-hydrogen) atoms. The highest BCUT2D eigenvalue weighted by atomic mass is 32.2. The Hall–Kier alpha value is -2.39. The van der Waals surface area contributed by atoms with Gasteiger partial charge < -0.3 is 4.42 Å². The molecule has 3 aromatic rings. The molecule has 8 nitrogen and oxygen atoms in total. The first kappa shape index (κ1) is 15.2. The fourth-order valence-corrected chi connectivity index (χ4v) is 4.32. The van der Waals surface area contributed by atoms with Crippen molar-refractivity contribution in [3.63, 3.8) is 0 Å². The van der Waals surface area contributed by atoms with Crippen molar-refractivity contribution in [2.24, 2.45) is 7.05 Å². The lowest BCUT2D eigenvalue weighted by atomic mass is 10.1. The Morgan fingerprint density at radius 1 is 1.33 bits per heavy atom. The number of aryl methyl sites for hydroxylation is 2. The molecule has 1 atom stereocenters. The SMILES string of the molecule is Cn1c(=O)oc2ccc(S(=O)(=O)NC3CCn4nccc4C3)cc21. The zero-order valence-corrected chi connectivity index (χ0v) is 13.8. The molecule has 1 N–H and O–H groups in total. The Balaban J connectivity index is 1.63. The average Bonchev–Trinajstić information content (AvgIpc) is 3.11. The Bertz CT molecular complexity index is 1080. The molecule has 0 bridgehead atoms. The summed E-state index contributed by atoms with van der Waals surface area (Å²) >= 11 is 0. The van der Waals surface area contributed by atoms with Crippen LogP contribution in [0, 0.1) is 0 Å². The number of hydrogen-bond donors (Lipinski definition) is 1. The van der Waals surface area contributed by atoms with Crippen LogP contribution >= 0.6 is 0 Å². The van der Waals surface area contributed by atoms with Gasteiger partial charge in [0.05, 0.1) is 10.4 Å². The summed E-state index contributed by atoms with van der Waals surface area (Å²) in [6, 6.07) is 6.12. The predicted octanol–water partition coefficient (Wildman–Crippen LogP) is 0.621. The van der Waals surface area contributed by atoms with Crippen molar-refractivity contribution < 1.29 is 12.8 Å². The molecule has 0 aliphatic carbocycles. The maximum absolute atomic E-state index is 12.7. The van der Waals surface area contributed by atoms with Crippen molar-refractivity contribution in [2.45, 2.75) is 30.3 Å². The van der Waals surface area contributed by atoms with Crippen molar-refractivity contribution in [1.82, 2.24) is 19.1 Å². The van der Waals surface area contributed by atoms with E-state index in [9.17, 15) is 13.2 Å². The number of nitrogens with zero attached hydrogens (tertiary/aromatic N) is 3. The molecule has 1 aliphatic rings. The molecule has 0 fully saturated rings. The van der Waals surface area contributed by atoms with Crippen LogP contribution in [0.2, 0.25) is 0 Å². The van der Waals surface area contributed by atoms with Gasteiger partial charge in [-0.05, 0) is 30.7 Å². The fraction of sp³-hybridized carbons (Fsp3) is 0.333. The van der Waals surface area contributed by atoms with E-state index in [1.54, 1.807) is 13.2 Å². The molecule has 9 heteroatoms. The second kappa shape index (κ2) is 5.32. The van der Waals surface area contributed by atoms with Crippen LogP contribution in [0.5, 0.6) is 0 Å². The molecule has 4 rings (SSSR count). The van der Waals surface area contributed by atoms with E-state index in [0.717, 1.165) is 5.69 Å². The van der Waals surface area contributed by atoms with Gasteiger partial charge in [0, 0.05) is 37.9 Å². The summed E-state index contributed by atoms with van der Waals surface area (Å²) in [6.45, 7) is 0.685. The highest BCUT2D eigenvalue weighted by Gasteiger charge is 2.25. The van der Waals surface area contributed by atoms with Gasteiger partial charge in [0.25, 0.3) is 0 Å². The highest BCUT2D eigenvalue weighted by molar-refractivity contribution is 7.89. The second-order valence-electron chi connectivity index (χ2n) is 5.91. The van der Waals surface area contributed by atoms with Gasteiger partial charge in [-0.2, -0.15) is 5.10 Å². The van der Waals surface area contributed by atoms with Crippen LogP contribution in [0.3, 0.4) is 0 Å². The number of oxazole rings is 1. The molecule has 0 saturated carbocycles. The molecule has 126 valence electrons. The second-order valence-corrected chi connectivity index (χ2v) is 7.63. The van der Waals surface area contributed by atoms with Crippen LogP contribution < -0.4 is 10.5 Å². The minimum atomic E-state index is -3.68. The number of aromatic nitrogens is 3. The lowest BCUT2D eigenvalue weighted by Crippen LogP contribution is -2.40. The number of nitrogens with one attached hydrogen (secondary N) is 1. The highest BCUT2D eigenvalue weighted by Crippen LogP contribution is 2.20. The Morgan fingerprint density at radius 3 is 3.00 bits per heavy atom. The predicted molar refractivity (Wildman–Crippen MR) is 86.1 cm³/mol. The van der Waals surface area contributed by atoms with Crippen molar-refractivity contribution in [1.29, 1.82) is 0 Å².